The van der Waals surface area contributed by atoms with Crippen molar-refractivity contribution < 1.29 is 4.39 Å². The van der Waals surface area contributed by atoms with E-state index in [0.717, 1.165) is 29.2 Å². The molecule has 1 aliphatic rings. The average Bonchev–Trinajstić information content (AvgIpc) is 2.67. The van der Waals surface area contributed by atoms with Crippen LogP contribution in [0.15, 0.2) is 24.3 Å². The normalized spacial score (nSPS) is 18.7. The van der Waals surface area contributed by atoms with Gasteiger partial charge in [0, 0.05) is 18.0 Å². The number of hydrogen-bond acceptors (Lipinski definition) is 1. The molecule has 2 nitrogen and oxygen atoms in total. The molecule has 0 N–H and O–H groups in total. The third kappa shape index (κ3) is 1.74. The Balaban J connectivity index is 2.20. The standard InChI is InChI=1S/C15H17FN2/c1-10-5-3-8-14-17-11(2)15(18(10)14)12-6-4-7-13(16)9-12/h4,6-7,9-10H,3,5,8H2,1-2H3. The number of hydrogen-bond donors (Lipinski definition) is 0. The van der Waals surface area contributed by atoms with Gasteiger partial charge in [-0.1, -0.05) is 12.1 Å². The fourth-order valence-electron chi connectivity index (χ4n) is 2.92. The number of benzene rings is 1. The first-order valence-electron chi connectivity index (χ1n) is 6.50. The Morgan fingerprint density at radius 2 is 2.22 bits per heavy atom. The largest absolute Gasteiger partial charge is 0.325 e. The summed E-state index contributed by atoms with van der Waals surface area (Å²) in [5.41, 5.74) is 3.01. The Morgan fingerprint density at radius 1 is 1.39 bits per heavy atom. The van der Waals surface area contributed by atoms with Crippen molar-refractivity contribution in [1.29, 1.82) is 0 Å². The van der Waals surface area contributed by atoms with Gasteiger partial charge in [-0.3, -0.25) is 0 Å². The van der Waals surface area contributed by atoms with Crippen LogP contribution in [0.5, 0.6) is 0 Å². The molecule has 0 amide bonds. The van der Waals surface area contributed by atoms with E-state index in [-0.39, 0.29) is 5.82 Å². The molecule has 0 spiro atoms. The molecule has 94 valence electrons. The molecule has 2 aromatic rings. The van der Waals surface area contributed by atoms with Crippen LogP contribution in [-0.2, 0) is 6.42 Å². The summed E-state index contributed by atoms with van der Waals surface area (Å²) >= 11 is 0. The first-order chi connectivity index (χ1) is 8.66. The number of halogens is 1. The van der Waals surface area contributed by atoms with Crippen LogP contribution in [0.3, 0.4) is 0 Å². The van der Waals surface area contributed by atoms with Gasteiger partial charge in [0.1, 0.15) is 11.6 Å². The second-order valence-electron chi connectivity index (χ2n) is 5.08. The van der Waals surface area contributed by atoms with E-state index in [9.17, 15) is 4.39 Å². The fourth-order valence-corrected chi connectivity index (χ4v) is 2.92. The minimum Gasteiger partial charge on any atom is -0.325 e. The number of imidazole rings is 1. The zero-order chi connectivity index (χ0) is 12.7. The van der Waals surface area contributed by atoms with Gasteiger partial charge in [-0.2, -0.15) is 0 Å². The van der Waals surface area contributed by atoms with E-state index in [2.05, 4.69) is 16.5 Å². The van der Waals surface area contributed by atoms with Crippen LogP contribution < -0.4 is 0 Å². The Kier molecular flexibility index (Phi) is 2.69. The van der Waals surface area contributed by atoms with Gasteiger partial charge in [0.05, 0.1) is 11.4 Å². The highest BCUT2D eigenvalue weighted by molar-refractivity contribution is 5.63. The maximum absolute atomic E-state index is 13.4. The summed E-state index contributed by atoms with van der Waals surface area (Å²) in [5, 5.41) is 0. The van der Waals surface area contributed by atoms with E-state index < -0.39 is 0 Å². The molecule has 0 bridgehead atoms. The van der Waals surface area contributed by atoms with Crippen LogP contribution >= 0.6 is 0 Å². The SMILES string of the molecule is Cc1nc2n(c1-c1cccc(F)c1)C(C)CCC2. The zero-order valence-electron chi connectivity index (χ0n) is 10.8. The van der Waals surface area contributed by atoms with Crippen LogP contribution in [0.2, 0.25) is 0 Å². The molecular weight excluding hydrogens is 227 g/mol. The minimum absolute atomic E-state index is 0.189. The maximum Gasteiger partial charge on any atom is 0.123 e. The van der Waals surface area contributed by atoms with Crippen molar-refractivity contribution in [3.63, 3.8) is 0 Å². The predicted octanol–water partition coefficient (Wildman–Crippen LogP) is 3.89. The number of aryl methyl sites for hydroxylation is 2. The van der Waals surface area contributed by atoms with Gasteiger partial charge in [0.2, 0.25) is 0 Å². The Bertz CT molecular complexity index is 586. The zero-order valence-corrected chi connectivity index (χ0v) is 10.8. The van der Waals surface area contributed by atoms with Crippen molar-refractivity contribution in [2.45, 2.75) is 39.2 Å². The van der Waals surface area contributed by atoms with Crippen LogP contribution in [0.4, 0.5) is 4.39 Å². The first-order valence-corrected chi connectivity index (χ1v) is 6.50. The van der Waals surface area contributed by atoms with Gasteiger partial charge >= 0.3 is 0 Å². The van der Waals surface area contributed by atoms with Gasteiger partial charge in [0.25, 0.3) is 0 Å². The molecule has 1 aromatic carbocycles. The summed E-state index contributed by atoms with van der Waals surface area (Å²) in [6.07, 6.45) is 3.39. The van der Waals surface area contributed by atoms with Crippen molar-refractivity contribution in [2.24, 2.45) is 0 Å². The number of rotatable bonds is 1. The van der Waals surface area contributed by atoms with Gasteiger partial charge in [0.15, 0.2) is 0 Å². The minimum atomic E-state index is -0.189. The molecule has 1 atom stereocenters. The third-order valence-electron chi connectivity index (χ3n) is 3.72. The quantitative estimate of drug-likeness (QED) is 0.744. The summed E-state index contributed by atoms with van der Waals surface area (Å²) in [4.78, 5) is 4.65. The van der Waals surface area contributed by atoms with Gasteiger partial charge in [-0.15, -0.1) is 0 Å². The van der Waals surface area contributed by atoms with Crippen molar-refractivity contribution in [1.82, 2.24) is 9.55 Å². The summed E-state index contributed by atoms with van der Waals surface area (Å²) in [6.45, 7) is 4.23. The molecule has 0 radical (unpaired) electrons. The Morgan fingerprint density at radius 3 is 3.00 bits per heavy atom. The lowest BCUT2D eigenvalue weighted by atomic mass is 10.0. The monoisotopic (exact) mass is 244 g/mol. The smallest absolute Gasteiger partial charge is 0.123 e. The molecule has 1 aliphatic heterocycles. The summed E-state index contributed by atoms with van der Waals surface area (Å²) < 4.78 is 15.7. The van der Waals surface area contributed by atoms with Crippen LogP contribution in [0.1, 0.15) is 37.3 Å². The van der Waals surface area contributed by atoms with E-state index in [1.165, 1.54) is 18.9 Å². The lowest BCUT2D eigenvalue weighted by molar-refractivity contribution is 0.429. The fraction of sp³-hybridized carbons (Fsp3) is 0.400. The van der Waals surface area contributed by atoms with Crippen LogP contribution in [0, 0.1) is 12.7 Å². The highest BCUT2D eigenvalue weighted by Crippen LogP contribution is 2.33. The van der Waals surface area contributed by atoms with Gasteiger partial charge in [-0.05, 0) is 38.8 Å². The number of nitrogens with zero attached hydrogens (tertiary/aromatic N) is 2. The topological polar surface area (TPSA) is 17.8 Å². The molecule has 1 aromatic heterocycles. The summed E-state index contributed by atoms with van der Waals surface area (Å²) in [6, 6.07) is 7.25. The van der Waals surface area contributed by atoms with Gasteiger partial charge in [-0.25, -0.2) is 9.37 Å². The summed E-state index contributed by atoms with van der Waals surface area (Å²) in [5.74, 6) is 0.955. The first kappa shape index (κ1) is 11.5. The van der Waals surface area contributed by atoms with Gasteiger partial charge < -0.3 is 4.57 Å². The van der Waals surface area contributed by atoms with E-state index in [4.69, 9.17) is 0 Å². The molecular formula is C15H17FN2. The molecule has 3 rings (SSSR count). The van der Waals surface area contributed by atoms with Crippen LogP contribution in [0.25, 0.3) is 11.3 Å². The molecule has 0 saturated heterocycles. The summed E-state index contributed by atoms with van der Waals surface area (Å²) in [7, 11) is 0. The predicted molar refractivity (Wildman–Crippen MR) is 70.0 cm³/mol. The molecule has 0 aliphatic carbocycles. The molecule has 3 heteroatoms. The average molecular weight is 244 g/mol. The lowest BCUT2D eigenvalue weighted by Gasteiger charge is -2.24. The van der Waals surface area contributed by atoms with Crippen molar-refractivity contribution in [2.75, 3.05) is 0 Å². The van der Waals surface area contributed by atoms with Crippen LogP contribution in [-0.4, -0.2) is 9.55 Å². The second kappa shape index (κ2) is 4.23. The van der Waals surface area contributed by atoms with E-state index in [0.29, 0.717) is 6.04 Å². The van der Waals surface area contributed by atoms with E-state index >= 15 is 0 Å². The van der Waals surface area contributed by atoms with Crippen molar-refractivity contribution >= 4 is 0 Å². The second-order valence-corrected chi connectivity index (χ2v) is 5.08. The Labute approximate surface area is 106 Å². The number of aromatic nitrogens is 2. The van der Waals surface area contributed by atoms with E-state index in [1.807, 2.05) is 13.0 Å². The highest BCUT2D eigenvalue weighted by Gasteiger charge is 2.23. The number of fused-ring (bicyclic) bond motifs is 1. The lowest BCUT2D eigenvalue weighted by Crippen LogP contribution is -2.16. The van der Waals surface area contributed by atoms with Crippen molar-refractivity contribution in [3.8, 4) is 11.3 Å². The Hall–Kier alpha value is -1.64. The molecule has 18 heavy (non-hydrogen) atoms. The maximum atomic E-state index is 13.4. The molecule has 0 fully saturated rings. The molecule has 2 heterocycles. The van der Waals surface area contributed by atoms with E-state index in [1.54, 1.807) is 12.1 Å². The van der Waals surface area contributed by atoms with Crippen molar-refractivity contribution in [3.05, 3.63) is 41.6 Å². The highest BCUT2D eigenvalue weighted by atomic mass is 19.1. The molecule has 1 unspecified atom stereocenters. The molecule has 0 saturated carbocycles. The third-order valence-corrected chi connectivity index (χ3v) is 3.72.